The minimum atomic E-state index is -0.521. The minimum absolute atomic E-state index is 0.0859. The third kappa shape index (κ3) is 34.8. The molecule has 10 rings (SSSR count). The molecule has 0 spiro atoms. The van der Waals surface area contributed by atoms with Gasteiger partial charge in [-0.3, -0.25) is 4.90 Å². The van der Waals surface area contributed by atoms with Crippen LogP contribution >= 0.6 is 120 Å². The summed E-state index contributed by atoms with van der Waals surface area (Å²) >= 11 is 55.0. The molecule has 0 bridgehead atoms. The fourth-order valence-corrected chi connectivity index (χ4v) is 10.4. The van der Waals surface area contributed by atoms with E-state index in [1.165, 1.54) is 18.7 Å². The van der Waals surface area contributed by atoms with E-state index in [1.807, 2.05) is 41.5 Å². The number of pyridine rings is 6. The van der Waals surface area contributed by atoms with E-state index in [4.69, 9.17) is 144 Å². The summed E-state index contributed by atoms with van der Waals surface area (Å²) in [7, 11) is 0. The topological polar surface area (TPSA) is 258 Å². The number of hydrogen-bond acceptors (Lipinski definition) is 18. The Balaban J connectivity index is 0.000000292. The summed E-state index contributed by atoms with van der Waals surface area (Å²) in [6, 6.07) is 10.0. The molecule has 1 fully saturated rings. The predicted molar refractivity (Wildman–Crippen MR) is 388 cm³/mol. The van der Waals surface area contributed by atoms with Crippen LogP contribution in [0.2, 0.25) is 46.0 Å². The number of aliphatic hydroxyl groups is 3. The first kappa shape index (κ1) is 85.6. The number of nitrogens with zero attached hydrogens (tertiary/aromatic N) is 7. The zero-order chi connectivity index (χ0) is 70.6. The number of aromatic nitrogens is 6. The molecule has 1 amide bonds. The molecule has 6 aromatic heterocycles. The maximum atomic E-state index is 12.3. The molecule has 1 saturated heterocycles. The quantitative estimate of drug-likeness (QED) is 0.0357. The molecule has 0 aromatic carbocycles. The third-order valence-electron chi connectivity index (χ3n) is 13.8. The number of alkyl halides is 1. The number of carbonyl (C=O) groups excluding carboxylic acids is 1. The zero-order valence-electron chi connectivity index (χ0n) is 55.1. The molecule has 19 nitrogen and oxygen atoms in total. The summed E-state index contributed by atoms with van der Waals surface area (Å²) in [6.45, 7) is 23.3. The Morgan fingerprint density at radius 3 is 1.35 bits per heavy atom. The summed E-state index contributed by atoms with van der Waals surface area (Å²) in [6.07, 6.45) is 18.2. The van der Waals surface area contributed by atoms with Gasteiger partial charge in [-0.15, -0.1) is 0 Å². The number of epoxide rings is 1. The lowest BCUT2D eigenvalue weighted by atomic mass is 10.1. The van der Waals surface area contributed by atoms with Gasteiger partial charge in [-0.05, 0) is 108 Å². The normalized spacial score (nSPS) is 17.1. The van der Waals surface area contributed by atoms with E-state index in [1.54, 1.807) is 66.2 Å². The second-order valence-electron chi connectivity index (χ2n) is 22.6. The van der Waals surface area contributed by atoms with Crippen molar-refractivity contribution in [2.75, 3.05) is 32.8 Å². The second-order valence-corrected chi connectivity index (χ2v) is 26.7. The van der Waals surface area contributed by atoms with Crippen molar-refractivity contribution < 1.29 is 43.8 Å². The Morgan fingerprint density at radius 2 is 0.989 bits per heavy atom. The van der Waals surface area contributed by atoms with E-state index in [9.17, 15) is 9.90 Å². The lowest BCUT2D eigenvalue weighted by Gasteiger charge is -2.27. The van der Waals surface area contributed by atoms with E-state index in [2.05, 4.69) is 77.2 Å². The zero-order valence-corrected chi connectivity index (χ0v) is 63.5. The van der Waals surface area contributed by atoms with Crippen LogP contribution in [0.4, 0.5) is 4.79 Å². The van der Waals surface area contributed by atoms with Crippen molar-refractivity contribution >= 4 is 126 Å². The Hall–Kier alpha value is -3.62. The van der Waals surface area contributed by atoms with Crippen LogP contribution in [-0.2, 0) is 47.5 Å². The van der Waals surface area contributed by atoms with Crippen LogP contribution in [-0.4, -0.2) is 131 Å². The number of nitrogens with one attached hydrogen (secondary N) is 2. The highest BCUT2D eigenvalue weighted by Gasteiger charge is 2.29. The van der Waals surface area contributed by atoms with Crippen molar-refractivity contribution in [2.24, 2.45) is 5.73 Å². The predicted octanol–water partition coefficient (Wildman–Crippen LogP) is 16.8. The summed E-state index contributed by atoms with van der Waals surface area (Å²) in [5.41, 5.74) is 10.0. The van der Waals surface area contributed by atoms with Crippen LogP contribution in [0.25, 0.3) is 0 Å². The average molecular weight is 1570 g/mol. The van der Waals surface area contributed by atoms with Gasteiger partial charge in [-0.1, -0.05) is 162 Å². The first-order valence-corrected chi connectivity index (χ1v) is 35.8. The molecule has 0 radical (unpaired) electrons. The molecule has 10 heterocycles. The SMILES string of the molecule is CC[C@@H](O)CCCc1cnc(Cl)cc1Cl.CC[C@@H](O)CN.CC[C@@H]1CN(C(=O)OC(C)(C)C)Cc2cnc(Cl)cc2O1.CC[C@@H]1CNCc2cnc(Cl)cc2O1.CC[C@@H]1CNCc2cnc(Cl)cc2O1.CC[C@@H]1CO1.Clc1cc(Cl)c(CBr)cn1.OCc1cnc(Cl)cc1Cl. The van der Waals surface area contributed by atoms with Crippen molar-refractivity contribution in [1.29, 1.82) is 0 Å². The number of nitrogens with two attached hydrogens (primary N) is 1. The van der Waals surface area contributed by atoms with Gasteiger partial charge in [-0.2, -0.15) is 0 Å². The number of hydrogen-bond donors (Lipinski definition) is 6. The Kier molecular flexibility index (Phi) is 42.1. The molecule has 6 aromatic rings. The molecule has 4 aliphatic heterocycles. The lowest BCUT2D eigenvalue weighted by Crippen LogP contribution is -2.40. The van der Waals surface area contributed by atoms with Gasteiger partial charge in [0, 0.05) is 126 Å². The fraction of sp³-hybridized carbons (Fsp3) is 0.530. The largest absolute Gasteiger partial charge is 0.489 e. The second kappa shape index (κ2) is 46.7. The minimum Gasteiger partial charge on any atom is -0.489 e. The van der Waals surface area contributed by atoms with Gasteiger partial charge in [0.1, 0.15) is 72.1 Å². The number of aliphatic hydroxyl groups excluding tert-OH is 3. The molecule has 528 valence electrons. The first-order chi connectivity index (χ1) is 45.2. The number of aryl methyl sites for hydroxylation is 1. The van der Waals surface area contributed by atoms with Crippen LogP contribution in [0.15, 0.2) is 73.6 Å². The molecule has 95 heavy (non-hydrogen) atoms. The van der Waals surface area contributed by atoms with Gasteiger partial charge in [-0.25, -0.2) is 34.7 Å². The highest BCUT2D eigenvalue weighted by Crippen LogP contribution is 2.30. The van der Waals surface area contributed by atoms with Crippen LogP contribution in [0, 0.1) is 0 Å². The monoisotopic (exact) mass is 1560 g/mol. The average Bonchev–Trinajstić information content (AvgIpc) is 1.75. The van der Waals surface area contributed by atoms with E-state index in [0.717, 1.165) is 123 Å². The standard InChI is InChI=1S/C15H21ClN2O3.C11H15Cl2NO.2C10H13ClN2O.C6H4BrCl2N.C6H5Cl2NO.C4H11NO.C4H8O/c1-5-11-9-18(14(19)21-15(2,3)4)8-10-7-17-13(16)6-12(10)20-11;1-2-9(15)5-3-4-8-7-14-11(13)6-10(8)12;2*1-2-8-6-12-4-7-5-13-10(11)3-9(7)14-8;7-2-4-3-10-6(9)1-5(4)8;7-5-1-6(8)9-2-4(5)3-10;1-2-4(6)3-5;1-2-4-3-5-4/h6-7,11H,5,8-9H2,1-4H3;6-7,9,15H,2-5H2,1H3;2*3,5,8,12H,2,4,6H2,1H3;1,3H,2H2;1-2,10H,3H2;4,6H,2-3,5H2,1H3;4H,2-3H2,1H3/t11-;9-;2*8-;;;2*4-/m1111..11/s1. The van der Waals surface area contributed by atoms with E-state index in [-0.39, 0.29) is 43.2 Å². The van der Waals surface area contributed by atoms with Crippen molar-refractivity contribution in [3.8, 4) is 17.2 Å². The van der Waals surface area contributed by atoms with Crippen LogP contribution in [0.5, 0.6) is 17.2 Å². The Morgan fingerprint density at radius 1 is 0.600 bits per heavy atom. The highest BCUT2D eigenvalue weighted by molar-refractivity contribution is 9.08. The van der Waals surface area contributed by atoms with Crippen LogP contribution in [0.1, 0.15) is 147 Å². The molecule has 0 unspecified atom stereocenters. The first-order valence-electron chi connectivity index (χ1n) is 31.3. The van der Waals surface area contributed by atoms with Crippen LogP contribution in [0.3, 0.4) is 0 Å². The van der Waals surface area contributed by atoms with Crippen molar-refractivity contribution in [2.45, 2.75) is 194 Å². The van der Waals surface area contributed by atoms with Crippen molar-refractivity contribution in [3.05, 3.63) is 153 Å². The third-order valence-corrected chi connectivity index (χ3v) is 16.7. The highest BCUT2D eigenvalue weighted by atomic mass is 79.9. The maximum absolute atomic E-state index is 12.3. The van der Waals surface area contributed by atoms with E-state index in [0.29, 0.717) is 88.4 Å². The van der Waals surface area contributed by atoms with Gasteiger partial charge in [0.2, 0.25) is 0 Å². The molecular weight excluding hydrogens is 1480 g/mol. The summed E-state index contributed by atoms with van der Waals surface area (Å²) in [5.74, 6) is 2.41. The number of amides is 1. The van der Waals surface area contributed by atoms with Gasteiger partial charge in [0.15, 0.2) is 0 Å². The van der Waals surface area contributed by atoms with Gasteiger partial charge in [0.05, 0.1) is 49.6 Å². The Bertz CT molecular complexity index is 3080. The smallest absolute Gasteiger partial charge is 0.410 e. The molecule has 6 atom stereocenters. The summed E-state index contributed by atoms with van der Waals surface area (Å²) in [4.78, 5) is 37.7. The molecule has 29 heteroatoms. The van der Waals surface area contributed by atoms with E-state index >= 15 is 0 Å². The number of ether oxygens (including phenoxy) is 5. The Labute approximate surface area is 613 Å². The van der Waals surface area contributed by atoms with Gasteiger partial charge in [0.25, 0.3) is 0 Å². The maximum Gasteiger partial charge on any atom is 0.410 e. The lowest BCUT2D eigenvalue weighted by molar-refractivity contribution is 0.0177. The molecule has 7 N–H and O–H groups in total. The summed E-state index contributed by atoms with van der Waals surface area (Å²) < 4.78 is 27.8. The van der Waals surface area contributed by atoms with Gasteiger partial charge >= 0.3 is 6.09 Å². The summed E-state index contributed by atoms with van der Waals surface area (Å²) in [5, 5.41) is 38.2. The number of carbonyl (C=O) groups is 1. The number of halogens is 10. The van der Waals surface area contributed by atoms with Crippen molar-refractivity contribution in [3.63, 3.8) is 0 Å². The van der Waals surface area contributed by atoms with Crippen molar-refractivity contribution in [1.82, 2.24) is 45.4 Å². The number of fused-ring (bicyclic) bond motifs is 3. The molecule has 4 aliphatic rings. The fourth-order valence-electron chi connectivity index (χ4n) is 7.99. The molecule has 0 aliphatic carbocycles. The molecule has 0 saturated carbocycles. The molecular formula is C66H90BrCl9N10O9. The van der Waals surface area contributed by atoms with Crippen LogP contribution < -0.4 is 30.6 Å². The van der Waals surface area contributed by atoms with Gasteiger partial charge < -0.3 is 55.4 Å². The number of rotatable bonds is 13. The van der Waals surface area contributed by atoms with E-state index < -0.39 is 5.60 Å².